The van der Waals surface area contributed by atoms with Crippen LogP contribution in [0, 0.1) is 0 Å². The zero-order valence-corrected chi connectivity index (χ0v) is 18.4. The molecule has 1 fully saturated rings. The summed E-state index contributed by atoms with van der Waals surface area (Å²) >= 11 is 12.7. The maximum absolute atomic E-state index is 13.3. The number of carboxylic acids is 1. The molecule has 2 heterocycles. The van der Waals surface area contributed by atoms with E-state index in [1.165, 1.54) is 19.2 Å². The van der Waals surface area contributed by atoms with Gasteiger partial charge in [0.1, 0.15) is 16.5 Å². The summed E-state index contributed by atoms with van der Waals surface area (Å²) in [5.74, 6) is -0.891. The second-order valence-electron chi connectivity index (χ2n) is 7.45. The van der Waals surface area contributed by atoms with E-state index in [9.17, 15) is 9.59 Å². The van der Waals surface area contributed by atoms with E-state index in [4.69, 9.17) is 37.8 Å². The molecule has 1 aliphatic rings. The monoisotopic (exact) mass is 462 g/mol. The lowest BCUT2D eigenvalue weighted by Crippen LogP contribution is -2.47. The van der Waals surface area contributed by atoms with Crippen molar-refractivity contribution in [3.63, 3.8) is 0 Å². The summed E-state index contributed by atoms with van der Waals surface area (Å²) in [6, 6.07) is 9.89. The van der Waals surface area contributed by atoms with E-state index in [0.717, 1.165) is 5.56 Å². The van der Waals surface area contributed by atoms with Crippen LogP contribution >= 0.6 is 23.2 Å². The quantitative estimate of drug-likeness (QED) is 0.591. The van der Waals surface area contributed by atoms with Crippen LogP contribution in [0.3, 0.4) is 0 Å². The molecule has 4 rings (SSSR count). The van der Waals surface area contributed by atoms with E-state index < -0.39 is 11.5 Å². The Kier molecular flexibility index (Phi) is 5.60. The van der Waals surface area contributed by atoms with Gasteiger partial charge in [0.15, 0.2) is 0 Å². The molecule has 0 radical (unpaired) electrons. The van der Waals surface area contributed by atoms with E-state index in [0.29, 0.717) is 40.4 Å². The molecule has 1 amide bonds. The first-order valence-electron chi connectivity index (χ1n) is 9.53. The Morgan fingerprint density at radius 1 is 1.19 bits per heavy atom. The summed E-state index contributed by atoms with van der Waals surface area (Å²) < 4.78 is 12.6. The van der Waals surface area contributed by atoms with E-state index >= 15 is 0 Å². The summed E-state index contributed by atoms with van der Waals surface area (Å²) in [6.45, 7) is 0.768. The van der Waals surface area contributed by atoms with Crippen LogP contribution in [0.4, 0.5) is 0 Å². The number of benzene rings is 2. The number of halogens is 2. The third kappa shape index (κ3) is 3.63. The lowest BCUT2D eigenvalue weighted by Gasteiger charge is -2.29. The van der Waals surface area contributed by atoms with Crippen LogP contribution in [0.2, 0.25) is 10.0 Å². The molecule has 1 aliphatic heterocycles. The number of methoxy groups -OCH3 is 1. The number of aryl methyl sites for hydroxylation is 1. The maximum atomic E-state index is 13.3. The van der Waals surface area contributed by atoms with Gasteiger partial charge in [-0.25, -0.2) is 4.79 Å². The second kappa shape index (κ2) is 8.07. The molecule has 0 bridgehead atoms. The minimum atomic E-state index is -1.01. The van der Waals surface area contributed by atoms with Gasteiger partial charge in [-0.15, -0.1) is 0 Å². The number of hydrogen-bond acceptors (Lipinski definition) is 4. The fraction of sp³-hybridized carbons (Fsp3) is 0.273. The van der Waals surface area contributed by atoms with Gasteiger partial charge in [-0.05, 0) is 23.8 Å². The average Bonchev–Trinajstić information content (AvgIpc) is 3.36. The Morgan fingerprint density at radius 2 is 1.90 bits per heavy atom. The smallest absolute Gasteiger partial charge is 0.335 e. The number of carboxylic acid groups (broad SMARTS) is 1. The molecule has 7 nitrogen and oxygen atoms in total. The van der Waals surface area contributed by atoms with E-state index in [-0.39, 0.29) is 23.1 Å². The number of amides is 1. The number of fused-ring (bicyclic) bond motifs is 1. The summed E-state index contributed by atoms with van der Waals surface area (Å²) in [5, 5.41) is 13.5. The van der Waals surface area contributed by atoms with Crippen molar-refractivity contribution in [2.75, 3.05) is 20.3 Å². The second-order valence-corrected chi connectivity index (χ2v) is 8.21. The van der Waals surface area contributed by atoms with Crippen molar-refractivity contribution in [3.05, 3.63) is 63.3 Å². The highest BCUT2D eigenvalue weighted by atomic mass is 35.5. The number of aromatic carboxylic acids is 1. The zero-order valence-electron chi connectivity index (χ0n) is 16.9. The van der Waals surface area contributed by atoms with Gasteiger partial charge in [0.05, 0.1) is 35.4 Å². The molecule has 1 unspecified atom stereocenters. The molecule has 0 saturated carbocycles. The molecule has 2 N–H and O–H groups in total. The van der Waals surface area contributed by atoms with Crippen molar-refractivity contribution in [2.24, 2.45) is 7.05 Å². The Labute approximate surface area is 188 Å². The minimum Gasteiger partial charge on any atom is -0.495 e. The first kappa shape index (κ1) is 21.5. The molecule has 31 heavy (non-hydrogen) atoms. The normalized spacial score (nSPS) is 18.3. The Morgan fingerprint density at radius 3 is 2.48 bits per heavy atom. The van der Waals surface area contributed by atoms with Crippen LogP contribution in [0.5, 0.6) is 5.75 Å². The highest BCUT2D eigenvalue weighted by Gasteiger charge is 2.39. The highest BCUT2D eigenvalue weighted by Crippen LogP contribution is 2.40. The Bertz CT molecular complexity index is 1180. The van der Waals surface area contributed by atoms with Gasteiger partial charge in [-0.2, -0.15) is 0 Å². The van der Waals surface area contributed by atoms with Gasteiger partial charge in [-0.1, -0.05) is 35.3 Å². The summed E-state index contributed by atoms with van der Waals surface area (Å²) in [7, 11) is 3.26. The van der Waals surface area contributed by atoms with Crippen LogP contribution in [-0.4, -0.2) is 41.9 Å². The topological polar surface area (TPSA) is 89.8 Å². The van der Waals surface area contributed by atoms with Crippen molar-refractivity contribution in [3.8, 4) is 5.75 Å². The fourth-order valence-electron chi connectivity index (χ4n) is 3.93. The molecule has 1 atom stereocenters. The van der Waals surface area contributed by atoms with Crippen LogP contribution in [0.25, 0.3) is 10.9 Å². The van der Waals surface area contributed by atoms with Crippen molar-refractivity contribution >= 4 is 46.0 Å². The van der Waals surface area contributed by atoms with Gasteiger partial charge < -0.3 is 24.5 Å². The molecule has 0 aliphatic carbocycles. The van der Waals surface area contributed by atoms with Gasteiger partial charge >= 0.3 is 5.97 Å². The van der Waals surface area contributed by atoms with Gasteiger partial charge in [-0.3, -0.25) is 4.79 Å². The number of carbonyl (C=O) groups is 2. The van der Waals surface area contributed by atoms with Crippen molar-refractivity contribution in [1.82, 2.24) is 9.88 Å². The van der Waals surface area contributed by atoms with Gasteiger partial charge in [0, 0.05) is 31.5 Å². The van der Waals surface area contributed by atoms with E-state index in [2.05, 4.69) is 5.32 Å². The number of carbonyl (C=O) groups excluding carboxylic acids is 1. The van der Waals surface area contributed by atoms with Crippen molar-refractivity contribution in [1.29, 1.82) is 0 Å². The van der Waals surface area contributed by atoms with Gasteiger partial charge in [0.25, 0.3) is 5.91 Å². The molecule has 1 saturated heterocycles. The van der Waals surface area contributed by atoms with Gasteiger partial charge in [0.2, 0.25) is 0 Å². The van der Waals surface area contributed by atoms with Crippen LogP contribution in [0.1, 0.15) is 32.8 Å². The molecule has 3 aromatic rings. The molecular formula is C22H20Cl2N2O5. The molecular weight excluding hydrogens is 443 g/mol. The van der Waals surface area contributed by atoms with E-state index in [1.807, 2.05) is 0 Å². The third-order valence-electron chi connectivity index (χ3n) is 5.70. The first-order valence-corrected chi connectivity index (χ1v) is 10.3. The number of rotatable bonds is 5. The molecule has 2 aromatic carbocycles. The number of aromatic nitrogens is 1. The Balaban J connectivity index is 1.72. The first-order chi connectivity index (χ1) is 14.8. The van der Waals surface area contributed by atoms with Crippen molar-refractivity contribution < 1.29 is 24.2 Å². The molecule has 162 valence electrons. The summed E-state index contributed by atoms with van der Waals surface area (Å²) in [5.41, 5.74) is 1.31. The predicted octanol–water partition coefficient (Wildman–Crippen LogP) is 4.24. The Hall–Kier alpha value is -2.74. The number of ether oxygens (including phenoxy) is 2. The molecule has 0 spiro atoms. The standard InChI is InChI=1S/C22H20Cl2N2O5/c1-26-15-10-17(30-2)19(24)18(23)14(15)9-16(26)20(27)25-22(7-8-31-11-22)13-5-3-12(4-6-13)21(28)29/h3-6,9-10H,7-8,11H2,1-2H3,(H,25,27)(H,28,29). The number of nitrogens with zero attached hydrogens (tertiary/aromatic N) is 1. The SMILES string of the molecule is COc1cc2c(cc(C(=O)NC3(c4ccc(C(=O)O)cc4)CCOC3)n2C)c(Cl)c1Cl. The third-order valence-corrected chi connectivity index (χ3v) is 6.57. The van der Waals surface area contributed by atoms with Crippen LogP contribution in [0.15, 0.2) is 36.4 Å². The lowest BCUT2D eigenvalue weighted by atomic mass is 9.88. The predicted molar refractivity (Wildman–Crippen MR) is 117 cm³/mol. The summed E-state index contributed by atoms with van der Waals surface area (Å²) in [6.07, 6.45) is 0.565. The molecule has 1 aromatic heterocycles. The lowest BCUT2D eigenvalue weighted by molar-refractivity contribution is 0.0696. The number of nitrogens with one attached hydrogen (secondary N) is 1. The van der Waals surface area contributed by atoms with Crippen LogP contribution < -0.4 is 10.1 Å². The van der Waals surface area contributed by atoms with Crippen molar-refractivity contribution in [2.45, 2.75) is 12.0 Å². The minimum absolute atomic E-state index is 0.179. The zero-order chi connectivity index (χ0) is 22.3. The average molecular weight is 463 g/mol. The molecule has 9 heteroatoms. The van der Waals surface area contributed by atoms with E-state index in [1.54, 1.807) is 35.9 Å². The summed E-state index contributed by atoms with van der Waals surface area (Å²) in [4.78, 5) is 24.5. The fourth-order valence-corrected chi connectivity index (χ4v) is 4.40. The maximum Gasteiger partial charge on any atom is 0.335 e. The number of hydrogen-bond donors (Lipinski definition) is 2. The van der Waals surface area contributed by atoms with Crippen LogP contribution in [-0.2, 0) is 17.3 Å². The highest BCUT2D eigenvalue weighted by molar-refractivity contribution is 6.46. The largest absolute Gasteiger partial charge is 0.495 e.